The second-order valence-electron chi connectivity index (χ2n) is 8.18. The minimum Gasteiger partial charge on any atom is -0.390 e. The monoisotopic (exact) mass is 429 g/mol. The lowest BCUT2D eigenvalue weighted by molar-refractivity contribution is -0.0837. The Balaban J connectivity index is 1.38. The van der Waals surface area contributed by atoms with Crippen LogP contribution >= 0.6 is 0 Å². The lowest BCUT2D eigenvalue weighted by Gasteiger charge is -2.54. The number of nitrogens with one attached hydrogen (secondary N) is 2. The number of aromatic nitrogens is 2. The smallest absolute Gasteiger partial charge is 0.270 e. The fourth-order valence-electron chi connectivity index (χ4n) is 3.88. The van der Waals surface area contributed by atoms with E-state index in [1.54, 1.807) is 24.3 Å². The molecule has 4 rings (SSSR count). The van der Waals surface area contributed by atoms with Crippen molar-refractivity contribution in [2.75, 3.05) is 31.6 Å². The van der Waals surface area contributed by atoms with Crippen LogP contribution in [0.4, 0.5) is 5.82 Å². The predicted molar refractivity (Wildman–Crippen MR) is 119 cm³/mol. The van der Waals surface area contributed by atoms with Gasteiger partial charge >= 0.3 is 0 Å². The van der Waals surface area contributed by atoms with Gasteiger partial charge in [-0.1, -0.05) is 24.3 Å². The predicted octanol–water partition coefficient (Wildman–Crippen LogP) is -1.80. The molecule has 1 aromatic heterocycles. The SMILES string of the molecule is [B]C1(O)Cc2ccccc2C([B])([B])N1C[C@@H](O)CNC(=O)c1cc(NC2COC2)ncn1. The summed E-state index contributed by atoms with van der Waals surface area (Å²) in [7, 11) is 18.7. The Kier molecular flexibility index (Phi) is 6.31. The number of rotatable bonds is 7. The van der Waals surface area contributed by atoms with Crippen LogP contribution in [0.25, 0.3) is 0 Å². The van der Waals surface area contributed by atoms with Crippen molar-refractivity contribution in [1.29, 1.82) is 0 Å². The Morgan fingerprint density at radius 3 is 2.75 bits per heavy atom. The average Bonchev–Trinajstić information content (AvgIpc) is 2.72. The van der Waals surface area contributed by atoms with Gasteiger partial charge in [0.25, 0.3) is 5.91 Å². The number of carbonyl (C=O) groups is 1. The molecule has 160 valence electrons. The van der Waals surface area contributed by atoms with Crippen LogP contribution in [0.1, 0.15) is 21.6 Å². The molecule has 2 aliphatic rings. The van der Waals surface area contributed by atoms with Crippen LogP contribution in [-0.4, -0.2) is 98.6 Å². The van der Waals surface area contributed by atoms with Crippen molar-refractivity contribution >= 4 is 35.3 Å². The standard InChI is InChI=1S/C20H22B3N5O4/c21-19(31)6-12-3-1-2-4-15(12)20(22,23)28(19)8-14(29)7-24-18(30)16-5-17(26-11-25-16)27-13-9-32-10-13/h1-5,11,13-14,29,31H,6-10H2,(H,24,30)(H,25,26,27)/t14-,19?/m0/s1. The van der Waals surface area contributed by atoms with Gasteiger partial charge < -0.3 is 25.6 Å². The first-order chi connectivity index (χ1) is 15.2. The second-order valence-corrected chi connectivity index (χ2v) is 8.18. The molecule has 2 aliphatic heterocycles. The van der Waals surface area contributed by atoms with E-state index in [2.05, 4.69) is 20.6 Å². The van der Waals surface area contributed by atoms with Gasteiger partial charge in [-0.05, 0) is 16.5 Å². The van der Waals surface area contributed by atoms with Crippen LogP contribution in [0, 0.1) is 0 Å². The third-order valence-corrected chi connectivity index (χ3v) is 5.59. The number of ether oxygens (including phenoxy) is 1. The van der Waals surface area contributed by atoms with Crippen molar-refractivity contribution < 1.29 is 19.7 Å². The highest BCUT2D eigenvalue weighted by molar-refractivity contribution is 6.40. The highest BCUT2D eigenvalue weighted by atomic mass is 16.5. The molecule has 1 saturated heterocycles. The molecular formula is C20H22B3N5O4. The number of β-amino-alcohol motifs (C(OH)–C–C–N with tert-alkyl or cyclic N) is 1. The molecule has 1 aromatic carbocycles. The molecule has 6 radical (unpaired) electrons. The highest BCUT2D eigenvalue weighted by Gasteiger charge is 2.44. The summed E-state index contributed by atoms with van der Waals surface area (Å²) in [6.45, 7) is 0.852. The van der Waals surface area contributed by atoms with E-state index in [1.165, 1.54) is 17.3 Å². The van der Waals surface area contributed by atoms with Crippen molar-refractivity contribution in [3.05, 3.63) is 53.5 Å². The topological polar surface area (TPSA) is 120 Å². The molecule has 32 heavy (non-hydrogen) atoms. The van der Waals surface area contributed by atoms with Crippen LogP contribution in [0.15, 0.2) is 36.7 Å². The minimum absolute atomic E-state index is 0.0845. The molecule has 3 heterocycles. The first kappa shape index (κ1) is 22.8. The molecule has 12 heteroatoms. The van der Waals surface area contributed by atoms with E-state index in [4.69, 9.17) is 28.3 Å². The summed E-state index contributed by atoms with van der Waals surface area (Å²) < 4.78 is 5.10. The van der Waals surface area contributed by atoms with E-state index >= 15 is 0 Å². The number of nitrogens with zero attached hydrogens (tertiary/aromatic N) is 3. The highest BCUT2D eigenvalue weighted by Crippen LogP contribution is 2.37. The third kappa shape index (κ3) is 4.68. The van der Waals surface area contributed by atoms with Crippen molar-refractivity contribution in [3.8, 4) is 0 Å². The summed E-state index contributed by atoms with van der Waals surface area (Å²) in [5, 5.41) is 25.4. The Morgan fingerprint density at radius 2 is 2.03 bits per heavy atom. The Labute approximate surface area is 190 Å². The van der Waals surface area contributed by atoms with Crippen molar-refractivity contribution in [2.24, 2.45) is 0 Å². The largest absolute Gasteiger partial charge is 0.390 e. The molecule has 1 amide bonds. The zero-order valence-corrected chi connectivity index (χ0v) is 17.4. The van der Waals surface area contributed by atoms with Gasteiger partial charge in [-0.25, -0.2) is 9.97 Å². The maximum absolute atomic E-state index is 12.5. The number of benzene rings is 1. The molecule has 0 saturated carbocycles. The van der Waals surface area contributed by atoms with E-state index in [1.807, 2.05) is 0 Å². The molecule has 9 nitrogen and oxygen atoms in total. The van der Waals surface area contributed by atoms with E-state index in [9.17, 15) is 15.0 Å². The van der Waals surface area contributed by atoms with E-state index < -0.39 is 23.0 Å². The Morgan fingerprint density at radius 1 is 1.28 bits per heavy atom. The molecule has 2 atom stereocenters. The molecule has 1 fully saturated rings. The zero-order valence-electron chi connectivity index (χ0n) is 17.4. The molecular weight excluding hydrogens is 407 g/mol. The summed E-state index contributed by atoms with van der Waals surface area (Å²) in [6, 6.07) is 8.80. The number of fused-ring (bicyclic) bond motifs is 1. The van der Waals surface area contributed by atoms with Gasteiger partial charge in [0.1, 0.15) is 25.7 Å². The summed E-state index contributed by atoms with van der Waals surface area (Å²) in [4.78, 5) is 21.8. The van der Waals surface area contributed by atoms with E-state index in [-0.39, 0.29) is 31.2 Å². The maximum Gasteiger partial charge on any atom is 0.270 e. The zero-order chi connectivity index (χ0) is 22.9. The van der Waals surface area contributed by atoms with Crippen molar-refractivity contribution in [3.63, 3.8) is 0 Å². The van der Waals surface area contributed by atoms with E-state index in [0.29, 0.717) is 24.6 Å². The fraction of sp³-hybridized carbons (Fsp3) is 0.450. The van der Waals surface area contributed by atoms with Crippen LogP contribution in [0.2, 0.25) is 0 Å². The lowest BCUT2D eigenvalue weighted by Crippen LogP contribution is -2.66. The molecule has 0 aliphatic carbocycles. The van der Waals surface area contributed by atoms with Crippen LogP contribution < -0.4 is 10.6 Å². The first-order valence-corrected chi connectivity index (χ1v) is 10.2. The van der Waals surface area contributed by atoms with Crippen molar-refractivity contribution in [1.82, 2.24) is 20.2 Å². The molecule has 1 unspecified atom stereocenters. The molecule has 2 aromatic rings. The minimum atomic E-state index is -1.87. The Hall–Kier alpha value is -2.40. The number of aliphatic hydroxyl groups excluding tert-OH is 1. The summed E-state index contributed by atoms with van der Waals surface area (Å²) in [5.41, 5.74) is -0.405. The summed E-state index contributed by atoms with van der Waals surface area (Å²) in [5.74, 6) is 0.0216. The lowest BCUT2D eigenvalue weighted by atomic mass is 9.52. The number of hydrogen-bond donors (Lipinski definition) is 4. The van der Waals surface area contributed by atoms with Gasteiger partial charge in [-0.3, -0.25) is 9.69 Å². The fourth-order valence-corrected chi connectivity index (χ4v) is 3.88. The molecule has 0 spiro atoms. The number of amides is 1. The maximum atomic E-state index is 12.5. The van der Waals surface area contributed by atoms with Crippen LogP contribution in [0.5, 0.6) is 0 Å². The van der Waals surface area contributed by atoms with Gasteiger partial charge in [-0.2, -0.15) is 0 Å². The number of anilines is 1. The van der Waals surface area contributed by atoms with Gasteiger partial charge in [-0.15, -0.1) is 0 Å². The van der Waals surface area contributed by atoms with Gasteiger partial charge in [0.15, 0.2) is 0 Å². The van der Waals surface area contributed by atoms with Crippen molar-refractivity contribution in [2.45, 2.75) is 29.5 Å². The quantitative estimate of drug-likeness (QED) is 0.381. The first-order valence-electron chi connectivity index (χ1n) is 10.2. The summed E-state index contributed by atoms with van der Waals surface area (Å²) in [6.07, 6.45) is 0.253. The van der Waals surface area contributed by atoms with E-state index in [0.717, 1.165) is 5.56 Å². The normalized spacial score (nSPS) is 23.6. The number of hydrogen-bond acceptors (Lipinski definition) is 8. The van der Waals surface area contributed by atoms with Gasteiger partial charge in [0.2, 0.25) is 0 Å². The van der Waals surface area contributed by atoms with Crippen LogP contribution in [0.3, 0.4) is 0 Å². The number of carbonyl (C=O) groups excluding carboxylic acids is 1. The molecule has 4 N–H and O–H groups in total. The van der Waals surface area contributed by atoms with Gasteiger partial charge in [0, 0.05) is 25.6 Å². The summed E-state index contributed by atoms with van der Waals surface area (Å²) >= 11 is 0. The third-order valence-electron chi connectivity index (χ3n) is 5.59. The number of aliphatic hydroxyl groups is 2. The van der Waals surface area contributed by atoms with Crippen LogP contribution in [-0.2, 0) is 16.5 Å². The average molecular weight is 429 g/mol. The van der Waals surface area contributed by atoms with Gasteiger partial charge in [0.05, 0.1) is 46.7 Å². The molecule has 0 bridgehead atoms. The Bertz CT molecular complexity index is 989. The second kappa shape index (κ2) is 8.86.